The minimum Gasteiger partial charge on any atom is -0.347 e. The van der Waals surface area contributed by atoms with Gasteiger partial charge >= 0.3 is 6.03 Å². The lowest BCUT2D eigenvalue weighted by atomic mass is 9.65. The minimum absolute atomic E-state index is 0.204. The van der Waals surface area contributed by atoms with Crippen molar-refractivity contribution in [2.75, 3.05) is 6.54 Å². The van der Waals surface area contributed by atoms with Crippen LogP contribution in [0.5, 0.6) is 0 Å². The first-order valence-corrected chi connectivity index (χ1v) is 11.1. The molecule has 166 valence electrons. The number of para-hydroxylation sites is 2. The lowest BCUT2D eigenvalue weighted by molar-refractivity contribution is -0.136. The monoisotopic (exact) mass is 425 g/mol. The van der Waals surface area contributed by atoms with E-state index < -0.39 is 11.6 Å². The molecule has 4 rings (SSSR count). The van der Waals surface area contributed by atoms with Gasteiger partial charge in [-0.2, -0.15) is 0 Å². The molecule has 1 spiro atoms. The number of hydrogen-bond donors (Lipinski definition) is 3. The minimum atomic E-state index is -0.851. The summed E-state index contributed by atoms with van der Waals surface area (Å²) in [5.74, 6) is 0.500. The number of amides is 4. The highest BCUT2D eigenvalue weighted by molar-refractivity contribution is 6.09. The van der Waals surface area contributed by atoms with Crippen molar-refractivity contribution in [1.82, 2.24) is 25.5 Å². The van der Waals surface area contributed by atoms with Crippen LogP contribution in [0.2, 0.25) is 0 Å². The van der Waals surface area contributed by atoms with Crippen LogP contribution in [0.1, 0.15) is 58.7 Å². The number of urea groups is 1. The lowest BCUT2D eigenvalue weighted by Gasteiger charge is -2.42. The van der Waals surface area contributed by atoms with E-state index in [1.54, 1.807) is 0 Å². The molecule has 1 aliphatic heterocycles. The molecule has 1 saturated heterocycles. The van der Waals surface area contributed by atoms with Crippen molar-refractivity contribution in [1.29, 1.82) is 0 Å². The van der Waals surface area contributed by atoms with E-state index in [1.165, 1.54) is 0 Å². The van der Waals surface area contributed by atoms with Crippen molar-refractivity contribution >= 4 is 28.9 Å². The molecule has 0 bridgehead atoms. The van der Waals surface area contributed by atoms with Crippen LogP contribution in [0.3, 0.4) is 0 Å². The van der Waals surface area contributed by atoms with Crippen molar-refractivity contribution in [3.63, 3.8) is 0 Å². The summed E-state index contributed by atoms with van der Waals surface area (Å²) in [6, 6.07) is 7.14. The molecule has 1 aromatic heterocycles. The van der Waals surface area contributed by atoms with E-state index in [2.05, 4.69) is 41.4 Å². The number of rotatable bonds is 6. The first-order chi connectivity index (χ1) is 14.7. The molecule has 3 N–H and O–H groups in total. The summed E-state index contributed by atoms with van der Waals surface area (Å²) < 4.78 is 0. The van der Waals surface area contributed by atoms with Crippen molar-refractivity contribution in [3.8, 4) is 0 Å². The molecule has 2 heterocycles. The van der Waals surface area contributed by atoms with Crippen LogP contribution in [-0.4, -0.2) is 44.8 Å². The van der Waals surface area contributed by atoms with E-state index in [9.17, 15) is 14.4 Å². The predicted molar refractivity (Wildman–Crippen MR) is 117 cm³/mol. The second-order valence-electron chi connectivity index (χ2n) is 9.50. The highest BCUT2D eigenvalue weighted by atomic mass is 16.2. The van der Waals surface area contributed by atoms with Gasteiger partial charge in [-0.15, -0.1) is 0 Å². The van der Waals surface area contributed by atoms with E-state index in [1.807, 2.05) is 24.3 Å². The number of fused-ring (bicyclic) bond motifs is 1. The average Bonchev–Trinajstić information content (AvgIpc) is 3.27. The fourth-order valence-electron chi connectivity index (χ4n) is 4.81. The third-order valence-electron chi connectivity index (χ3n) is 7.29. The molecule has 0 atom stereocenters. The van der Waals surface area contributed by atoms with Crippen molar-refractivity contribution < 1.29 is 14.4 Å². The molecule has 31 heavy (non-hydrogen) atoms. The molecular formula is C23H31N5O3. The molecule has 2 aliphatic rings. The standard InChI is InChI=1S/C23H31N5O3/c1-4-22(2,3)15-9-11-23(12-10-15)20(30)28(21(31)27-23)14-19(29)24-13-18-25-16-7-5-6-8-17(16)26-18/h5-8,15H,4,9-14H2,1-3H3,(H,24,29)(H,25,26)(H,27,31). The van der Waals surface area contributed by atoms with Crippen LogP contribution in [0, 0.1) is 11.3 Å². The lowest BCUT2D eigenvalue weighted by Crippen LogP contribution is -2.51. The molecule has 1 saturated carbocycles. The SMILES string of the molecule is CCC(C)(C)C1CCC2(CC1)NC(=O)N(CC(=O)NCc1nc3ccccc3[nH]1)C2=O. The molecule has 1 aromatic carbocycles. The number of hydrogen-bond acceptors (Lipinski definition) is 4. The second-order valence-corrected chi connectivity index (χ2v) is 9.50. The molecule has 4 amide bonds. The predicted octanol–water partition coefficient (Wildman–Crippen LogP) is 3.10. The summed E-state index contributed by atoms with van der Waals surface area (Å²) in [6.07, 6.45) is 4.14. The van der Waals surface area contributed by atoms with Gasteiger partial charge in [-0.25, -0.2) is 9.78 Å². The van der Waals surface area contributed by atoms with E-state index in [0.717, 1.165) is 35.2 Å². The number of carbonyl (C=O) groups excluding carboxylic acids is 3. The van der Waals surface area contributed by atoms with Gasteiger partial charge in [0.2, 0.25) is 5.91 Å². The Hall–Kier alpha value is -2.90. The molecule has 1 aliphatic carbocycles. The van der Waals surface area contributed by atoms with Gasteiger partial charge in [0.1, 0.15) is 17.9 Å². The van der Waals surface area contributed by atoms with Crippen LogP contribution in [0.4, 0.5) is 4.79 Å². The number of carbonyl (C=O) groups is 3. The number of nitrogens with zero attached hydrogens (tertiary/aromatic N) is 2. The molecular weight excluding hydrogens is 394 g/mol. The Balaban J connectivity index is 1.34. The Bertz CT molecular complexity index is 971. The zero-order chi connectivity index (χ0) is 22.2. The number of imide groups is 1. The van der Waals surface area contributed by atoms with Crippen LogP contribution in [-0.2, 0) is 16.1 Å². The summed E-state index contributed by atoms with van der Waals surface area (Å²) in [5, 5.41) is 5.64. The van der Waals surface area contributed by atoms with Crippen LogP contribution in [0.25, 0.3) is 11.0 Å². The van der Waals surface area contributed by atoms with E-state index in [-0.39, 0.29) is 30.3 Å². The van der Waals surface area contributed by atoms with Gasteiger partial charge in [0.05, 0.1) is 17.6 Å². The molecule has 2 aromatic rings. The maximum atomic E-state index is 13.1. The van der Waals surface area contributed by atoms with Crippen molar-refractivity contribution in [2.24, 2.45) is 11.3 Å². The third kappa shape index (κ3) is 4.03. The topological polar surface area (TPSA) is 107 Å². The Morgan fingerprint density at radius 3 is 2.65 bits per heavy atom. The Morgan fingerprint density at radius 1 is 1.26 bits per heavy atom. The van der Waals surface area contributed by atoms with Gasteiger partial charge in [-0.1, -0.05) is 39.3 Å². The summed E-state index contributed by atoms with van der Waals surface area (Å²) >= 11 is 0. The Kier molecular flexibility index (Phi) is 5.49. The highest BCUT2D eigenvalue weighted by Gasteiger charge is 2.53. The van der Waals surface area contributed by atoms with E-state index >= 15 is 0 Å². The average molecular weight is 426 g/mol. The first-order valence-electron chi connectivity index (χ1n) is 11.1. The smallest absolute Gasteiger partial charge is 0.325 e. The fraction of sp³-hybridized carbons (Fsp3) is 0.565. The summed E-state index contributed by atoms with van der Waals surface area (Å²) in [6.45, 7) is 6.65. The van der Waals surface area contributed by atoms with Crippen LogP contribution in [0.15, 0.2) is 24.3 Å². The van der Waals surface area contributed by atoms with Gasteiger partial charge < -0.3 is 15.6 Å². The first kappa shape index (κ1) is 21.3. The summed E-state index contributed by atoms with van der Waals surface area (Å²) in [5.41, 5.74) is 1.09. The van der Waals surface area contributed by atoms with Gasteiger partial charge in [0.15, 0.2) is 0 Å². The number of aromatic nitrogens is 2. The van der Waals surface area contributed by atoms with Gasteiger partial charge in [0.25, 0.3) is 5.91 Å². The van der Waals surface area contributed by atoms with E-state index in [0.29, 0.717) is 24.6 Å². The maximum absolute atomic E-state index is 13.1. The largest absolute Gasteiger partial charge is 0.347 e. The Morgan fingerprint density at radius 2 is 1.97 bits per heavy atom. The number of imidazole rings is 1. The van der Waals surface area contributed by atoms with Crippen LogP contribution >= 0.6 is 0 Å². The molecule has 0 radical (unpaired) electrons. The third-order valence-corrected chi connectivity index (χ3v) is 7.29. The van der Waals surface area contributed by atoms with Crippen molar-refractivity contribution in [2.45, 2.75) is 65.0 Å². The molecule has 8 heteroatoms. The molecule has 8 nitrogen and oxygen atoms in total. The number of benzene rings is 1. The van der Waals surface area contributed by atoms with Crippen LogP contribution < -0.4 is 10.6 Å². The van der Waals surface area contributed by atoms with Gasteiger partial charge in [-0.05, 0) is 49.1 Å². The zero-order valence-corrected chi connectivity index (χ0v) is 18.5. The highest BCUT2D eigenvalue weighted by Crippen LogP contribution is 2.45. The Labute approximate surface area is 182 Å². The number of H-pyrrole nitrogens is 1. The maximum Gasteiger partial charge on any atom is 0.325 e. The number of aromatic amines is 1. The zero-order valence-electron chi connectivity index (χ0n) is 18.5. The normalized spacial score (nSPS) is 24.1. The van der Waals surface area contributed by atoms with Gasteiger partial charge in [0, 0.05) is 0 Å². The fourth-order valence-corrected chi connectivity index (χ4v) is 4.81. The molecule has 2 fully saturated rings. The molecule has 0 unspecified atom stereocenters. The summed E-state index contributed by atoms with van der Waals surface area (Å²) in [7, 11) is 0. The number of nitrogens with one attached hydrogen (secondary N) is 3. The van der Waals surface area contributed by atoms with E-state index in [4.69, 9.17) is 0 Å². The quantitative estimate of drug-likeness (QED) is 0.618. The second kappa shape index (κ2) is 7.98. The van der Waals surface area contributed by atoms with Gasteiger partial charge in [-0.3, -0.25) is 14.5 Å². The van der Waals surface area contributed by atoms with Crippen molar-refractivity contribution in [3.05, 3.63) is 30.1 Å². The summed E-state index contributed by atoms with van der Waals surface area (Å²) in [4.78, 5) is 46.7.